The van der Waals surface area contributed by atoms with Crippen LogP contribution in [0.3, 0.4) is 0 Å². The molecule has 1 saturated carbocycles. The van der Waals surface area contributed by atoms with Crippen LogP contribution >= 0.6 is 0 Å². The standard InChI is InChI=1S/C12H24N2O2/c1-10(12(15)16-3)13-8-9-14(2)11-6-4-5-7-11/h10-11,13H,4-9H2,1-3H3. The molecule has 0 aromatic heterocycles. The number of carbonyl (C=O) groups excluding carboxylic acids is 1. The highest BCUT2D eigenvalue weighted by atomic mass is 16.5. The molecule has 0 aromatic carbocycles. The number of likely N-dealkylation sites (N-methyl/N-ethyl adjacent to an activating group) is 1. The molecule has 0 bridgehead atoms. The van der Waals surface area contributed by atoms with Gasteiger partial charge in [-0.2, -0.15) is 0 Å². The zero-order valence-electron chi connectivity index (χ0n) is 10.7. The van der Waals surface area contributed by atoms with Gasteiger partial charge in [0.1, 0.15) is 6.04 Å². The van der Waals surface area contributed by atoms with Crippen molar-refractivity contribution in [2.24, 2.45) is 0 Å². The van der Waals surface area contributed by atoms with Crippen molar-refractivity contribution in [3.63, 3.8) is 0 Å². The predicted molar refractivity (Wildman–Crippen MR) is 64.4 cm³/mol. The molecule has 1 aliphatic carbocycles. The second kappa shape index (κ2) is 6.86. The van der Waals surface area contributed by atoms with Gasteiger partial charge in [0.05, 0.1) is 7.11 Å². The number of hydrogen-bond donors (Lipinski definition) is 1. The Hall–Kier alpha value is -0.610. The first-order valence-electron chi connectivity index (χ1n) is 6.16. The minimum absolute atomic E-state index is 0.191. The van der Waals surface area contributed by atoms with E-state index in [1.165, 1.54) is 32.8 Å². The van der Waals surface area contributed by atoms with Gasteiger partial charge in [-0.1, -0.05) is 12.8 Å². The van der Waals surface area contributed by atoms with Crippen LogP contribution in [0.2, 0.25) is 0 Å². The van der Waals surface area contributed by atoms with Crippen molar-refractivity contribution in [3.05, 3.63) is 0 Å². The minimum Gasteiger partial charge on any atom is -0.468 e. The summed E-state index contributed by atoms with van der Waals surface area (Å²) in [6, 6.07) is 0.539. The summed E-state index contributed by atoms with van der Waals surface area (Å²) in [5.41, 5.74) is 0. The maximum Gasteiger partial charge on any atom is 0.322 e. The molecule has 0 radical (unpaired) electrons. The molecule has 1 fully saturated rings. The minimum atomic E-state index is -0.207. The van der Waals surface area contributed by atoms with Gasteiger partial charge in [0.2, 0.25) is 0 Å². The van der Waals surface area contributed by atoms with Crippen molar-refractivity contribution in [2.75, 3.05) is 27.2 Å². The van der Waals surface area contributed by atoms with Crippen LogP contribution in [0, 0.1) is 0 Å². The monoisotopic (exact) mass is 228 g/mol. The Labute approximate surface area is 98.3 Å². The molecular weight excluding hydrogens is 204 g/mol. The molecule has 1 atom stereocenters. The van der Waals surface area contributed by atoms with Crippen LogP contribution in [0.1, 0.15) is 32.6 Å². The summed E-state index contributed by atoms with van der Waals surface area (Å²) in [6.07, 6.45) is 5.37. The van der Waals surface area contributed by atoms with Crippen molar-refractivity contribution in [3.8, 4) is 0 Å². The highest BCUT2D eigenvalue weighted by Gasteiger charge is 2.19. The van der Waals surface area contributed by atoms with Gasteiger partial charge in [-0.05, 0) is 26.8 Å². The van der Waals surface area contributed by atoms with E-state index in [9.17, 15) is 4.79 Å². The lowest BCUT2D eigenvalue weighted by molar-refractivity contribution is -0.142. The number of nitrogens with one attached hydrogen (secondary N) is 1. The first-order valence-corrected chi connectivity index (χ1v) is 6.16. The molecule has 1 N–H and O–H groups in total. The van der Waals surface area contributed by atoms with E-state index in [-0.39, 0.29) is 12.0 Å². The van der Waals surface area contributed by atoms with E-state index in [0.717, 1.165) is 19.1 Å². The van der Waals surface area contributed by atoms with E-state index < -0.39 is 0 Å². The smallest absolute Gasteiger partial charge is 0.322 e. The molecule has 0 spiro atoms. The second-order valence-corrected chi connectivity index (χ2v) is 4.62. The van der Waals surface area contributed by atoms with Crippen LogP contribution in [0.5, 0.6) is 0 Å². The van der Waals surface area contributed by atoms with Gasteiger partial charge in [-0.25, -0.2) is 0 Å². The number of esters is 1. The topological polar surface area (TPSA) is 41.6 Å². The van der Waals surface area contributed by atoms with Gasteiger partial charge in [-0.3, -0.25) is 4.79 Å². The van der Waals surface area contributed by atoms with E-state index in [1.54, 1.807) is 0 Å². The van der Waals surface area contributed by atoms with E-state index in [4.69, 9.17) is 0 Å². The largest absolute Gasteiger partial charge is 0.468 e. The van der Waals surface area contributed by atoms with Gasteiger partial charge in [0.15, 0.2) is 0 Å². The maximum absolute atomic E-state index is 11.1. The number of methoxy groups -OCH3 is 1. The molecule has 94 valence electrons. The van der Waals surface area contributed by atoms with E-state index in [0.29, 0.717) is 0 Å². The molecule has 0 aliphatic heterocycles. The fraction of sp³-hybridized carbons (Fsp3) is 0.917. The van der Waals surface area contributed by atoms with Crippen molar-refractivity contribution in [2.45, 2.75) is 44.7 Å². The maximum atomic E-state index is 11.1. The normalized spacial score (nSPS) is 19.0. The van der Waals surface area contributed by atoms with E-state index >= 15 is 0 Å². The first kappa shape index (κ1) is 13.5. The lowest BCUT2D eigenvalue weighted by Gasteiger charge is -2.24. The predicted octanol–water partition coefficient (Wildman–Crippen LogP) is 1.01. The highest BCUT2D eigenvalue weighted by molar-refractivity contribution is 5.75. The molecular formula is C12H24N2O2. The average molecular weight is 228 g/mol. The molecule has 4 heteroatoms. The summed E-state index contributed by atoms with van der Waals surface area (Å²) in [5.74, 6) is -0.191. The molecule has 0 aromatic rings. The van der Waals surface area contributed by atoms with Crippen molar-refractivity contribution in [1.82, 2.24) is 10.2 Å². The number of carbonyl (C=O) groups is 1. The van der Waals surface area contributed by atoms with Gasteiger partial charge in [0.25, 0.3) is 0 Å². The number of rotatable bonds is 6. The summed E-state index contributed by atoms with van der Waals surface area (Å²) in [7, 11) is 3.59. The van der Waals surface area contributed by atoms with Gasteiger partial charge in [-0.15, -0.1) is 0 Å². The Morgan fingerprint density at radius 3 is 2.69 bits per heavy atom. The van der Waals surface area contributed by atoms with E-state index in [2.05, 4.69) is 22.0 Å². The third kappa shape index (κ3) is 4.10. The average Bonchev–Trinajstić information content (AvgIpc) is 2.81. The number of ether oxygens (including phenoxy) is 1. The Morgan fingerprint density at radius 1 is 1.50 bits per heavy atom. The fourth-order valence-electron chi connectivity index (χ4n) is 2.25. The van der Waals surface area contributed by atoms with Gasteiger partial charge in [0, 0.05) is 19.1 Å². The summed E-state index contributed by atoms with van der Waals surface area (Å²) in [6.45, 7) is 3.66. The lowest BCUT2D eigenvalue weighted by atomic mass is 10.2. The zero-order chi connectivity index (χ0) is 12.0. The van der Waals surface area contributed by atoms with Crippen LogP contribution in [0.15, 0.2) is 0 Å². The third-order valence-electron chi connectivity index (χ3n) is 3.42. The van der Waals surface area contributed by atoms with Crippen LogP contribution in [0.25, 0.3) is 0 Å². The molecule has 0 heterocycles. The molecule has 0 saturated heterocycles. The summed E-state index contributed by atoms with van der Waals surface area (Å²) in [5, 5.41) is 3.17. The second-order valence-electron chi connectivity index (χ2n) is 4.62. The molecule has 1 aliphatic rings. The van der Waals surface area contributed by atoms with Gasteiger partial charge >= 0.3 is 5.97 Å². The van der Waals surface area contributed by atoms with Crippen LogP contribution in [-0.2, 0) is 9.53 Å². The molecule has 4 nitrogen and oxygen atoms in total. The Balaban J connectivity index is 2.12. The van der Waals surface area contributed by atoms with Crippen LogP contribution in [0.4, 0.5) is 0 Å². The number of nitrogens with zero attached hydrogens (tertiary/aromatic N) is 1. The SMILES string of the molecule is COC(=O)C(C)NCCN(C)C1CCCC1. The quantitative estimate of drug-likeness (QED) is 0.689. The van der Waals surface area contributed by atoms with Crippen molar-refractivity contribution >= 4 is 5.97 Å². The van der Waals surface area contributed by atoms with E-state index in [1.807, 2.05) is 6.92 Å². The third-order valence-corrected chi connectivity index (χ3v) is 3.42. The highest BCUT2D eigenvalue weighted by Crippen LogP contribution is 2.21. The van der Waals surface area contributed by atoms with Crippen molar-refractivity contribution in [1.29, 1.82) is 0 Å². The van der Waals surface area contributed by atoms with Crippen LogP contribution < -0.4 is 5.32 Å². The molecule has 0 amide bonds. The molecule has 1 unspecified atom stereocenters. The van der Waals surface area contributed by atoms with Gasteiger partial charge < -0.3 is 15.0 Å². The summed E-state index contributed by atoms with van der Waals surface area (Å²) >= 11 is 0. The zero-order valence-corrected chi connectivity index (χ0v) is 10.7. The molecule has 16 heavy (non-hydrogen) atoms. The lowest BCUT2D eigenvalue weighted by Crippen LogP contribution is -2.41. The Morgan fingerprint density at radius 2 is 2.12 bits per heavy atom. The number of hydrogen-bond acceptors (Lipinski definition) is 4. The summed E-state index contributed by atoms with van der Waals surface area (Å²) in [4.78, 5) is 13.5. The van der Waals surface area contributed by atoms with Crippen LogP contribution in [-0.4, -0.2) is 50.2 Å². The summed E-state index contributed by atoms with van der Waals surface area (Å²) < 4.78 is 4.65. The Kier molecular flexibility index (Phi) is 5.77. The van der Waals surface area contributed by atoms with Crippen molar-refractivity contribution < 1.29 is 9.53 Å². The molecule has 1 rings (SSSR count). The Bertz CT molecular complexity index is 215. The first-order chi connectivity index (χ1) is 7.65. The fourth-order valence-corrected chi connectivity index (χ4v) is 2.25.